The van der Waals surface area contributed by atoms with Crippen LogP contribution in [0, 0.1) is 34.0 Å². The van der Waals surface area contributed by atoms with Crippen molar-refractivity contribution in [2.45, 2.75) is 0 Å². The Labute approximate surface area is 254 Å². The molecule has 0 saturated carbocycles. The third-order valence-corrected chi connectivity index (χ3v) is 8.73. The molecule has 3 nitrogen and oxygen atoms in total. The monoisotopic (exact) mass is 555 g/mol. The molecule has 0 amide bonds. The summed E-state index contributed by atoms with van der Waals surface area (Å²) in [7, 11) is 0. The normalized spacial score (nSPS) is 11.1. The summed E-state index contributed by atoms with van der Waals surface area (Å²) >= 11 is 0. The van der Waals surface area contributed by atoms with E-state index < -0.39 is 0 Å². The largest absolute Gasteiger partial charge is 0.192 e. The van der Waals surface area contributed by atoms with Gasteiger partial charge >= 0.3 is 0 Å². The van der Waals surface area contributed by atoms with Gasteiger partial charge in [-0.05, 0) is 89.0 Å². The fraction of sp³-hybridized carbons (Fsp3) is 0. The maximum Gasteiger partial charge on any atom is 0.148 e. The standard InChI is InChI=1S/C41H21N3/c42-22-29(23-43)36(24-44)30-18-19-33-39-31(30)16-9-17-32(39)40-37(25-10-3-1-4-11-25)34-20-27-14-7-8-15-28(27)21-35(34)38(41(33)40)26-12-5-2-6-13-26/h1-21H. The van der Waals surface area contributed by atoms with Crippen molar-refractivity contribution < 1.29 is 0 Å². The summed E-state index contributed by atoms with van der Waals surface area (Å²) in [5.41, 5.74) is 9.55. The van der Waals surface area contributed by atoms with E-state index in [1.165, 1.54) is 21.5 Å². The van der Waals surface area contributed by atoms with Crippen molar-refractivity contribution in [3.63, 3.8) is 0 Å². The minimum Gasteiger partial charge on any atom is -0.192 e. The van der Waals surface area contributed by atoms with Crippen molar-refractivity contribution in [1.82, 2.24) is 0 Å². The molecule has 0 bridgehead atoms. The van der Waals surface area contributed by atoms with E-state index in [1.807, 2.05) is 42.5 Å². The predicted molar refractivity (Wildman–Crippen MR) is 178 cm³/mol. The molecule has 0 spiro atoms. The fourth-order valence-electron chi connectivity index (χ4n) is 6.95. The van der Waals surface area contributed by atoms with Gasteiger partial charge in [-0.25, -0.2) is 0 Å². The Morgan fingerprint density at radius 2 is 0.955 bits per heavy atom. The SMILES string of the molecule is N#CC(C#N)=C(C#N)c1ccc2c3c(cccc13)-c1c-2c(-c2ccccc2)c2cc3ccccc3cc2c1-c1ccccc1. The molecule has 0 radical (unpaired) electrons. The molecule has 7 aromatic carbocycles. The second-order valence-electron chi connectivity index (χ2n) is 11.0. The first-order valence-corrected chi connectivity index (χ1v) is 14.4. The van der Waals surface area contributed by atoms with Gasteiger partial charge in [0.15, 0.2) is 0 Å². The van der Waals surface area contributed by atoms with E-state index in [2.05, 4.69) is 103 Å². The molecule has 0 N–H and O–H groups in total. The quantitative estimate of drug-likeness (QED) is 0.161. The molecule has 0 aliphatic heterocycles. The maximum atomic E-state index is 10.1. The van der Waals surface area contributed by atoms with Gasteiger partial charge in [-0.2, -0.15) is 15.8 Å². The van der Waals surface area contributed by atoms with Gasteiger partial charge in [-0.1, -0.05) is 115 Å². The summed E-state index contributed by atoms with van der Waals surface area (Å²) in [5.74, 6) is 0. The van der Waals surface area contributed by atoms with E-state index in [1.54, 1.807) is 0 Å². The molecular weight excluding hydrogens is 534 g/mol. The molecule has 0 heterocycles. The average molecular weight is 556 g/mol. The summed E-state index contributed by atoms with van der Waals surface area (Å²) in [4.78, 5) is 0. The van der Waals surface area contributed by atoms with Gasteiger partial charge in [0.1, 0.15) is 23.8 Å². The Morgan fingerprint density at radius 1 is 0.432 bits per heavy atom. The van der Waals surface area contributed by atoms with Gasteiger partial charge in [-0.3, -0.25) is 0 Å². The lowest BCUT2D eigenvalue weighted by atomic mass is 9.82. The van der Waals surface area contributed by atoms with Gasteiger partial charge in [-0.15, -0.1) is 0 Å². The Morgan fingerprint density at radius 3 is 1.48 bits per heavy atom. The van der Waals surface area contributed by atoms with Gasteiger partial charge in [0.05, 0.1) is 5.57 Å². The number of hydrogen-bond acceptors (Lipinski definition) is 3. The zero-order chi connectivity index (χ0) is 29.8. The summed E-state index contributed by atoms with van der Waals surface area (Å²) in [5, 5.41) is 36.0. The summed E-state index contributed by atoms with van der Waals surface area (Å²) < 4.78 is 0. The number of nitriles is 3. The molecule has 8 rings (SSSR count). The molecule has 1 aliphatic rings. The third-order valence-electron chi connectivity index (χ3n) is 8.73. The predicted octanol–water partition coefficient (Wildman–Crippen LogP) is 10.5. The first kappa shape index (κ1) is 25.3. The number of nitrogens with zero attached hydrogens (tertiary/aromatic N) is 3. The zero-order valence-electron chi connectivity index (χ0n) is 23.5. The number of allylic oxidation sites excluding steroid dienone is 2. The third kappa shape index (κ3) is 3.53. The molecular formula is C41H21N3. The molecule has 0 unspecified atom stereocenters. The number of hydrogen-bond donors (Lipinski definition) is 0. The molecule has 1 aliphatic carbocycles. The second kappa shape index (κ2) is 9.82. The van der Waals surface area contributed by atoms with E-state index >= 15 is 0 Å². The molecule has 0 aromatic heterocycles. The number of fused-ring (bicyclic) bond motifs is 5. The van der Waals surface area contributed by atoms with Crippen LogP contribution in [-0.4, -0.2) is 0 Å². The van der Waals surface area contributed by atoms with Crippen LogP contribution in [0.1, 0.15) is 5.56 Å². The van der Waals surface area contributed by atoms with Crippen molar-refractivity contribution in [3.05, 3.63) is 139 Å². The van der Waals surface area contributed by atoms with Crippen LogP contribution in [0.3, 0.4) is 0 Å². The van der Waals surface area contributed by atoms with Crippen LogP contribution in [0.2, 0.25) is 0 Å². The minimum absolute atomic E-state index is 0.0950. The first-order valence-electron chi connectivity index (χ1n) is 14.4. The molecule has 0 saturated heterocycles. The molecule has 200 valence electrons. The lowest BCUT2D eigenvalue weighted by Gasteiger charge is -2.21. The highest BCUT2D eigenvalue weighted by molar-refractivity contribution is 6.29. The lowest BCUT2D eigenvalue weighted by Crippen LogP contribution is -1.94. The van der Waals surface area contributed by atoms with Crippen LogP contribution >= 0.6 is 0 Å². The first-order chi connectivity index (χ1) is 21.7. The van der Waals surface area contributed by atoms with Crippen LogP contribution in [0.25, 0.3) is 82.4 Å². The highest BCUT2D eigenvalue weighted by Gasteiger charge is 2.31. The minimum atomic E-state index is -0.184. The van der Waals surface area contributed by atoms with Crippen LogP contribution in [0.15, 0.2) is 133 Å². The van der Waals surface area contributed by atoms with Crippen molar-refractivity contribution in [2.24, 2.45) is 0 Å². The summed E-state index contributed by atoms with van der Waals surface area (Å²) in [6, 6.07) is 50.3. The molecule has 0 fully saturated rings. The van der Waals surface area contributed by atoms with E-state index in [-0.39, 0.29) is 11.1 Å². The Balaban J connectivity index is 1.62. The second-order valence-corrected chi connectivity index (χ2v) is 11.0. The van der Waals surface area contributed by atoms with Gasteiger partial charge in [0, 0.05) is 5.56 Å². The van der Waals surface area contributed by atoms with E-state index in [4.69, 9.17) is 0 Å². The summed E-state index contributed by atoms with van der Waals surface area (Å²) in [6.45, 7) is 0. The Hall–Kier alpha value is -6.47. The molecule has 7 aromatic rings. The fourth-order valence-corrected chi connectivity index (χ4v) is 6.95. The molecule has 44 heavy (non-hydrogen) atoms. The Bertz CT molecular complexity index is 2370. The van der Waals surface area contributed by atoms with E-state index in [9.17, 15) is 15.8 Å². The highest BCUT2D eigenvalue weighted by Crippen LogP contribution is 2.58. The molecule has 0 atom stereocenters. The zero-order valence-corrected chi connectivity index (χ0v) is 23.5. The van der Waals surface area contributed by atoms with E-state index in [0.29, 0.717) is 5.56 Å². The van der Waals surface area contributed by atoms with Crippen molar-refractivity contribution in [1.29, 1.82) is 15.8 Å². The van der Waals surface area contributed by atoms with Gasteiger partial charge < -0.3 is 0 Å². The van der Waals surface area contributed by atoms with Crippen LogP contribution in [0.5, 0.6) is 0 Å². The van der Waals surface area contributed by atoms with Crippen LogP contribution < -0.4 is 0 Å². The van der Waals surface area contributed by atoms with Crippen molar-refractivity contribution >= 4 is 37.9 Å². The lowest BCUT2D eigenvalue weighted by molar-refractivity contribution is 1.45. The molecule has 3 heteroatoms. The van der Waals surface area contributed by atoms with Crippen molar-refractivity contribution in [2.75, 3.05) is 0 Å². The number of rotatable bonds is 3. The Kier molecular flexibility index (Phi) is 5.64. The van der Waals surface area contributed by atoms with Crippen LogP contribution in [-0.2, 0) is 0 Å². The number of benzene rings is 7. The highest BCUT2D eigenvalue weighted by atomic mass is 14.4. The smallest absolute Gasteiger partial charge is 0.148 e. The van der Waals surface area contributed by atoms with Crippen molar-refractivity contribution in [3.8, 4) is 62.7 Å². The van der Waals surface area contributed by atoms with E-state index in [0.717, 1.165) is 55.3 Å². The topological polar surface area (TPSA) is 71.4 Å². The van der Waals surface area contributed by atoms with Gasteiger partial charge in [0.25, 0.3) is 0 Å². The van der Waals surface area contributed by atoms with Gasteiger partial charge in [0.2, 0.25) is 0 Å². The maximum absolute atomic E-state index is 10.1. The average Bonchev–Trinajstić information content (AvgIpc) is 3.41. The summed E-state index contributed by atoms with van der Waals surface area (Å²) in [6.07, 6.45) is 0. The van der Waals surface area contributed by atoms with Crippen LogP contribution in [0.4, 0.5) is 0 Å².